The molecule has 1 N–H and O–H groups in total. The molecule has 1 aliphatic rings. The third-order valence-corrected chi connectivity index (χ3v) is 5.52. The van der Waals surface area contributed by atoms with Crippen LogP contribution in [-0.4, -0.2) is 43.9 Å². The number of aryl methyl sites for hydroxylation is 2. The van der Waals surface area contributed by atoms with E-state index in [4.69, 9.17) is 0 Å². The van der Waals surface area contributed by atoms with Crippen molar-refractivity contribution in [1.82, 2.24) is 24.9 Å². The van der Waals surface area contributed by atoms with Gasteiger partial charge in [0, 0.05) is 43.0 Å². The van der Waals surface area contributed by atoms with Gasteiger partial charge in [-0.2, -0.15) is 10.2 Å². The van der Waals surface area contributed by atoms with E-state index in [0.29, 0.717) is 12.2 Å². The summed E-state index contributed by atoms with van der Waals surface area (Å²) in [6.45, 7) is 6.45. The first-order valence-electron chi connectivity index (χ1n) is 10.1. The lowest BCUT2D eigenvalue weighted by Gasteiger charge is -2.32. The van der Waals surface area contributed by atoms with Gasteiger partial charge < -0.3 is 4.90 Å². The van der Waals surface area contributed by atoms with Gasteiger partial charge in [-0.25, -0.2) is 0 Å². The third-order valence-electron chi connectivity index (χ3n) is 5.52. The zero-order chi connectivity index (χ0) is 19.5. The monoisotopic (exact) mass is 377 g/mol. The number of carbonyl (C=O) groups excluding carboxylic acids is 1. The number of nitrogens with zero attached hydrogens (tertiary/aromatic N) is 4. The highest BCUT2D eigenvalue weighted by Crippen LogP contribution is 2.33. The molecule has 1 amide bonds. The Labute approximate surface area is 165 Å². The van der Waals surface area contributed by atoms with E-state index in [2.05, 4.69) is 53.4 Å². The van der Waals surface area contributed by atoms with Gasteiger partial charge >= 0.3 is 0 Å². The normalized spacial score (nSPS) is 17.1. The van der Waals surface area contributed by atoms with E-state index < -0.39 is 0 Å². The molecule has 3 aromatic rings. The zero-order valence-electron chi connectivity index (χ0n) is 16.6. The maximum absolute atomic E-state index is 13.1. The molecule has 6 nitrogen and oxygen atoms in total. The molecule has 1 atom stereocenters. The summed E-state index contributed by atoms with van der Waals surface area (Å²) < 4.78 is 1.82. The molecule has 6 heteroatoms. The highest BCUT2D eigenvalue weighted by atomic mass is 16.2. The highest BCUT2D eigenvalue weighted by Gasteiger charge is 2.29. The van der Waals surface area contributed by atoms with Gasteiger partial charge in [-0.3, -0.25) is 14.6 Å². The summed E-state index contributed by atoms with van der Waals surface area (Å²) in [5.41, 5.74) is 5.36. The summed E-state index contributed by atoms with van der Waals surface area (Å²) in [7, 11) is 0. The van der Waals surface area contributed by atoms with Crippen LogP contribution in [0.3, 0.4) is 0 Å². The zero-order valence-corrected chi connectivity index (χ0v) is 16.6. The van der Waals surface area contributed by atoms with Crippen molar-refractivity contribution in [2.75, 3.05) is 13.1 Å². The summed E-state index contributed by atoms with van der Waals surface area (Å²) in [6, 6.07) is 10.3. The fourth-order valence-corrected chi connectivity index (χ4v) is 4.03. The molecule has 3 heterocycles. The Bertz CT molecular complexity index is 940. The van der Waals surface area contributed by atoms with Crippen molar-refractivity contribution < 1.29 is 4.79 Å². The Balaban J connectivity index is 1.55. The number of aromatic amines is 1. The first kappa shape index (κ1) is 18.5. The summed E-state index contributed by atoms with van der Waals surface area (Å²) in [5.74, 6) is 0.339. The fraction of sp³-hybridized carbons (Fsp3) is 0.409. The number of hydrogen-bond acceptors (Lipinski definition) is 3. The SMILES string of the molecule is CCCn1nccc1C(=O)N1CCC[C@H](c2[nH]ncc2-c2ccc(C)cc2)C1. The second-order valence-corrected chi connectivity index (χ2v) is 7.59. The van der Waals surface area contributed by atoms with Crippen LogP contribution in [0.5, 0.6) is 0 Å². The van der Waals surface area contributed by atoms with Gasteiger partial charge in [0.2, 0.25) is 0 Å². The van der Waals surface area contributed by atoms with Gasteiger partial charge in [-0.15, -0.1) is 0 Å². The maximum atomic E-state index is 13.1. The van der Waals surface area contributed by atoms with Crippen molar-refractivity contribution in [3.63, 3.8) is 0 Å². The number of amides is 1. The van der Waals surface area contributed by atoms with E-state index in [9.17, 15) is 4.79 Å². The number of hydrogen-bond donors (Lipinski definition) is 1. The minimum Gasteiger partial charge on any atom is -0.337 e. The minimum absolute atomic E-state index is 0.0760. The molecule has 1 saturated heterocycles. The van der Waals surface area contributed by atoms with Crippen molar-refractivity contribution in [2.45, 2.75) is 45.6 Å². The first-order chi connectivity index (χ1) is 13.7. The van der Waals surface area contributed by atoms with Crippen LogP contribution in [0, 0.1) is 6.92 Å². The first-order valence-corrected chi connectivity index (χ1v) is 10.1. The van der Waals surface area contributed by atoms with Crippen LogP contribution in [0.25, 0.3) is 11.1 Å². The molecule has 0 unspecified atom stereocenters. The molecule has 1 aromatic carbocycles. The van der Waals surface area contributed by atoms with Crippen molar-refractivity contribution in [1.29, 1.82) is 0 Å². The molecule has 28 heavy (non-hydrogen) atoms. The number of H-pyrrole nitrogens is 1. The van der Waals surface area contributed by atoms with Crippen LogP contribution in [0.4, 0.5) is 0 Å². The molecule has 4 rings (SSSR count). The van der Waals surface area contributed by atoms with Crippen molar-refractivity contribution >= 4 is 5.91 Å². The lowest BCUT2D eigenvalue weighted by molar-refractivity contribution is 0.0693. The molecule has 146 valence electrons. The molecule has 2 aromatic heterocycles. The van der Waals surface area contributed by atoms with Gasteiger partial charge in [0.25, 0.3) is 5.91 Å². The number of rotatable bonds is 5. The van der Waals surface area contributed by atoms with E-state index in [1.807, 2.05) is 21.8 Å². The Morgan fingerprint density at radius 3 is 2.86 bits per heavy atom. The lowest BCUT2D eigenvalue weighted by atomic mass is 9.90. The van der Waals surface area contributed by atoms with Gasteiger partial charge in [0.05, 0.1) is 6.20 Å². The van der Waals surface area contributed by atoms with E-state index in [1.165, 1.54) is 11.1 Å². The Morgan fingerprint density at radius 2 is 2.07 bits per heavy atom. The molecular weight excluding hydrogens is 350 g/mol. The van der Waals surface area contributed by atoms with Crippen LogP contribution < -0.4 is 0 Å². The average Bonchev–Trinajstić information content (AvgIpc) is 3.38. The summed E-state index contributed by atoms with van der Waals surface area (Å²) in [5, 5.41) is 11.8. The lowest BCUT2D eigenvalue weighted by Crippen LogP contribution is -2.40. The summed E-state index contributed by atoms with van der Waals surface area (Å²) in [6.07, 6.45) is 6.62. The van der Waals surface area contributed by atoms with Gasteiger partial charge in [0.15, 0.2) is 0 Å². The summed E-state index contributed by atoms with van der Waals surface area (Å²) in [4.78, 5) is 15.1. The molecular formula is C22H27N5O. The molecule has 1 fully saturated rings. The highest BCUT2D eigenvalue weighted by molar-refractivity contribution is 5.92. The van der Waals surface area contributed by atoms with Crippen molar-refractivity contribution in [3.05, 3.63) is 59.7 Å². The second kappa shape index (κ2) is 8.00. The Hall–Kier alpha value is -2.89. The molecule has 0 spiro atoms. The van der Waals surface area contributed by atoms with E-state index >= 15 is 0 Å². The van der Waals surface area contributed by atoms with Crippen LogP contribution in [-0.2, 0) is 6.54 Å². The van der Waals surface area contributed by atoms with Gasteiger partial charge in [0.1, 0.15) is 5.69 Å². The smallest absolute Gasteiger partial charge is 0.272 e. The largest absolute Gasteiger partial charge is 0.337 e. The van der Waals surface area contributed by atoms with E-state index in [1.54, 1.807) is 6.20 Å². The number of aromatic nitrogens is 4. The Kier molecular flexibility index (Phi) is 5.28. The standard InChI is InChI=1S/C22H27N5O/c1-3-12-27-20(10-11-24-27)22(28)26-13-4-5-18(15-26)21-19(14-23-25-21)17-8-6-16(2)7-9-17/h6-11,14,18H,3-5,12-13,15H2,1-2H3,(H,23,25)/t18-/m0/s1. The molecule has 0 saturated carbocycles. The molecule has 0 bridgehead atoms. The van der Waals surface area contributed by atoms with E-state index in [-0.39, 0.29) is 11.8 Å². The van der Waals surface area contributed by atoms with Gasteiger partial charge in [-0.1, -0.05) is 36.8 Å². The number of carbonyl (C=O) groups is 1. The van der Waals surface area contributed by atoms with Crippen molar-refractivity contribution in [3.8, 4) is 11.1 Å². The second-order valence-electron chi connectivity index (χ2n) is 7.59. The van der Waals surface area contributed by atoms with Crippen LogP contribution in [0.2, 0.25) is 0 Å². The third kappa shape index (κ3) is 3.59. The Morgan fingerprint density at radius 1 is 1.25 bits per heavy atom. The van der Waals surface area contributed by atoms with Crippen LogP contribution in [0.15, 0.2) is 42.7 Å². The van der Waals surface area contributed by atoms with Crippen LogP contribution >= 0.6 is 0 Å². The number of benzene rings is 1. The van der Waals surface area contributed by atoms with E-state index in [0.717, 1.165) is 43.6 Å². The number of nitrogens with one attached hydrogen (secondary N) is 1. The van der Waals surface area contributed by atoms with Gasteiger partial charge in [-0.05, 0) is 37.8 Å². The number of likely N-dealkylation sites (tertiary alicyclic amines) is 1. The molecule has 1 aliphatic heterocycles. The predicted molar refractivity (Wildman–Crippen MR) is 109 cm³/mol. The topological polar surface area (TPSA) is 66.8 Å². The van der Waals surface area contributed by atoms with Crippen molar-refractivity contribution in [2.24, 2.45) is 0 Å². The minimum atomic E-state index is 0.0760. The molecule has 0 radical (unpaired) electrons. The summed E-state index contributed by atoms with van der Waals surface area (Å²) >= 11 is 0. The van der Waals surface area contributed by atoms with Crippen LogP contribution in [0.1, 0.15) is 53.8 Å². The predicted octanol–water partition coefficient (Wildman–Crippen LogP) is 4.01. The molecule has 0 aliphatic carbocycles. The fourth-order valence-electron chi connectivity index (χ4n) is 4.03. The quantitative estimate of drug-likeness (QED) is 0.730. The maximum Gasteiger partial charge on any atom is 0.272 e. The average molecular weight is 377 g/mol. The number of piperidine rings is 1.